The van der Waals surface area contributed by atoms with Crippen LogP contribution >= 0.6 is 0 Å². The number of rotatable bonds is 10. The molecule has 1 saturated carbocycles. The number of piperidine rings is 1. The molecule has 2 N–H and O–H groups in total. The van der Waals surface area contributed by atoms with Crippen molar-refractivity contribution in [3.8, 4) is 17.0 Å². The Balaban J connectivity index is 1.27. The maximum atomic E-state index is 13.9. The summed E-state index contributed by atoms with van der Waals surface area (Å²) in [5, 5.41) is 13.5. The number of aromatic nitrogens is 3. The van der Waals surface area contributed by atoms with Crippen molar-refractivity contribution in [2.24, 2.45) is 0 Å². The maximum Gasteiger partial charge on any atom is 0.258 e. The number of hydrogen-bond donors (Lipinski definition) is 2. The lowest BCUT2D eigenvalue weighted by atomic mass is 9.93. The second-order valence-corrected chi connectivity index (χ2v) is 13.5. The molecule has 1 aliphatic carbocycles. The summed E-state index contributed by atoms with van der Waals surface area (Å²) < 4.78 is 7.78. The van der Waals surface area contributed by atoms with Crippen LogP contribution in [0.1, 0.15) is 60.6 Å². The summed E-state index contributed by atoms with van der Waals surface area (Å²) in [6.45, 7) is 6.05. The number of anilines is 2. The number of ether oxygens (including phenoxy) is 1. The van der Waals surface area contributed by atoms with Gasteiger partial charge in [0, 0.05) is 60.8 Å². The van der Waals surface area contributed by atoms with Crippen molar-refractivity contribution in [1.82, 2.24) is 24.3 Å². The van der Waals surface area contributed by atoms with Gasteiger partial charge in [-0.2, -0.15) is 0 Å². The van der Waals surface area contributed by atoms with Crippen molar-refractivity contribution in [2.45, 2.75) is 63.6 Å². The van der Waals surface area contributed by atoms with Gasteiger partial charge in [0.25, 0.3) is 5.91 Å². The van der Waals surface area contributed by atoms with Crippen molar-refractivity contribution in [3.05, 3.63) is 65.9 Å². The van der Waals surface area contributed by atoms with E-state index in [-0.39, 0.29) is 18.1 Å². The highest BCUT2D eigenvalue weighted by Crippen LogP contribution is 2.37. The minimum Gasteiger partial charge on any atom is -0.496 e. The van der Waals surface area contributed by atoms with Gasteiger partial charge in [-0.05, 0) is 109 Å². The monoisotopic (exact) mass is 639 g/mol. The number of fused-ring (bicyclic) bond motifs is 1. The summed E-state index contributed by atoms with van der Waals surface area (Å²) in [7, 11) is 8.14. The van der Waals surface area contributed by atoms with Crippen LogP contribution in [0.4, 0.5) is 11.6 Å². The van der Waals surface area contributed by atoms with Gasteiger partial charge in [-0.1, -0.05) is 12.1 Å². The van der Waals surface area contributed by atoms with E-state index in [9.17, 15) is 9.90 Å². The van der Waals surface area contributed by atoms with Crippen LogP contribution in [0.25, 0.3) is 22.3 Å². The summed E-state index contributed by atoms with van der Waals surface area (Å²) >= 11 is 0. The van der Waals surface area contributed by atoms with E-state index in [0.717, 1.165) is 87.0 Å². The first kappa shape index (κ1) is 32.9. The number of nitrogens with zero attached hydrogens (tertiary/aromatic N) is 6. The highest BCUT2D eigenvalue weighted by molar-refractivity contribution is 6.05. The van der Waals surface area contributed by atoms with Crippen LogP contribution in [-0.4, -0.2) is 102 Å². The molecular weight excluding hydrogens is 590 g/mol. The summed E-state index contributed by atoms with van der Waals surface area (Å²) in [6.07, 6.45) is 5.11. The second-order valence-electron chi connectivity index (χ2n) is 13.5. The lowest BCUT2D eigenvalue weighted by molar-refractivity contribution is 0.102. The number of likely N-dealkylation sites (N-methyl/N-ethyl adjacent to an activating group) is 2. The number of carbonyl (C=O) groups is 1. The van der Waals surface area contributed by atoms with Crippen LogP contribution in [0.2, 0.25) is 0 Å². The van der Waals surface area contributed by atoms with E-state index in [1.807, 2.05) is 37.3 Å². The van der Waals surface area contributed by atoms with E-state index in [0.29, 0.717) is 29.0 Å². The van der Waals surface area contributed by atoms with Crippen LogP contribution < -0.4 is 15.0 Å². The lowest BCUT2D eigenvalue weighted by Gasteiger charge is -2.38. The Bertz CT molecular complexity index is 1690. The molecule has 250 valence electrons. The standard InChI is InChI=1S/C37H49N7O3/c1-25-22-26(23-33(38-25)31-8-6-7-9-35(31)47-5)36(46)40-37-39-32-15-12-29(24-34(32)44(37)28-10-13-30(45)14-11-28)43-18-16-27(17-19-43)42(4)21-20-41(2)3/h6-9,12,15,22-24,27-28,30,45H,10-11,13-14,16-21H2,1-5H3,(H,39,40,46). The number of amides is 1. The van der Waals surface area contributed by atoms with Crippen LogP contribution in [0, 0.1) is 6.92 Å². The second kappa shape index (κ2) is 14.4. The minimum absolute atomic E-state index is 0.133. The van der Waals surface area contributed by atoms with Gasteiger partial charge in [0.15, 0.2) is 0 Å². The highest BCUT2D eigenvalue weighted by Gasteiger charge is 2.28. The molecule has 2 fully saturated rings. The molecule has 10 nitrogen and oxygen atoms in total. The van der Waals surface area contributed by atoms with E-state index in [4.69, 9.17) is 14.7 Å². The molecule has 10 heteroatoms. The van der Waals surface area contributed by atoms with Crippen molar-refractivity contribution in [1.29, 1.82) is 0 Å². The molecule has 3 heterocycles. The Morgan fingerprint density at radius 2 is 1.70 bits per heavy atom. The molecule has 0 spiro atoms. The van der Waals surface area contributed by atoms with Gasteiger partial charge in [-0.25, -0.2) is 4.98 Å². The molecular formula is C37H49N7O3. The minimum atomic E-state index is -0.278. The zero-order chi connectivity index (χ0) is 33.1. The number of imidazole rings is 1. The fourth-order valence-electron chi connectivity index (χ4n) is 7.13. The van der Waals surface area contributed by atoms with Gasteiger partial charge in [-0.15, -0.1) is 0 Å². The average Bonchev–Trinajstić information content (AvgIpc) is 3.44. The zero-order valence-corrected chi connectivity index (χ0v) is 28.4. The van der Waals surface area contributed by atoms with Crippen molar-refractivity contribution < 1.29 is 14.6 Å². The number of methoxy groups -OCH3 is 1. The molecule has 0 bridgehead atoms. The van der Waals surface area contributed by atoms with Crippen molar-refractivity contribution in [2.75, 3.05) is 64.6 Å². The molecule has 2 aromatic carbocycles. The molecule has 4 aromatic rings. The third kappa shape index (κ3) is 7.45. The Kier molecular flexibility index (Phi) is 10.1. The van der Waals surface area contributed by atoms with Crippen LogP contribution in [-0.2, 0) is 0 Å². The molecule has 0 atom stereocenters. The molecule has 2 aliphatic rings. The molecule has 1 saturated heterocycles. The Morgan fingerprint density at radius 1 is 0.957 bits per heavy atom. The third-order valence-electron chi connectivity index (χ3n) is 9.88. The molecule has 0 radical (unpaired) electrons. The van der Waals surface area contributed by atoms with Gasteiger partial charge >= 0.3 is 0 Å². The predicted molar refractivity (Wildman–Crippen MR) is 189 cm³/mol. The van der Waals surface area contributed by atoms with Crippen molar-refractivity contribution in [3.63, 3.8) is 0 Å². The number of benzene rings is 2. The molecule has 6 rings (SSSR count). The number of aliphatic hydroxyl groups excluding tert-OH is 1. The van der Waals surface area contributed by atoms with Crippen LogP contribution in [0.3, 0.4) is 0 Å². The van der Waals surface area contributed by atoms with Crippen LogP contribution in [0.15, 0.2) is 54.6 Å². The van der Waals surface area contributed by atoms with Crippen molar-refractivity contribution >= 4 is 28.6 Å². The average molecular weight is 640 g/mol. The highest BCUT2D eigenvalue weighted by atomic mass is 16.5. The normalized spacial score (nSPS) is 19.1. The molecule has 1 aliphatic heterocycles. The first-order valence-corrected chi connectivity index (χ1v) is 16.9. The Hall–Kier alpha value is -3.99. The van der Waals surface area contributed by atoms with Gasteiger partial charge < -0.3 is 29.1 Å². The molecule has 2 aromatic heterocycles. The number of pyridine rings is 1. The summed E-state index contributed by atoms with van der Waals surface area (Å²) in [5.74, 6) is 1.01. The number of hydrogen-bond acceptors (Lipinski definition) is 8. The number of aryl methyl sites for hydroxylation is 1. The Morgan fingerprint density at radius 3 is 2.43 bits per heavy atom. The Labute approximate surface area is 278 Å². The number of carbonyl (C=O) groups excluding carboxylic acids is 1. The largest absolute Gasteiger partial charge is 0.496 e. The van der Waals surface area contributed by atoms with E-state index in [1.54, 1.807) is 13.2 Å². The summed E-state index contributed by atoms with van der Waals surface area (Å²) in [5.41, 5.74) is 5.82. The summed E-state index contributed by atoms with van der Waals surface area (Å²) in [4.78, 5) is 30.8. The lowest BCUT2D eigenvalue weighted by Crippen LogP contribution is -2.45. The SMILES string of the molecule is COc1ccccc1-c1cc(C(=O)Nc2nc3ccc(N4CCC(N(C)CCN(C)C)CC4)cc3n2C2CCC(O)CC2)cc(C)n1. The third-order valence-corrected chi connectivity index (χ3v) is 9.88. The number of para-hydroxylation sites is 1. The van der Waals surface area contributed by atoms with Gasteiger partial charge in [-0.3, -0.25) is 15.1 Å². The quantitative estimate of drug-likeness (QED) is 0.231. The maximum absolute atomic E-state index is 13.9. The first-order valence-electron chi connectivity index (χ1n) is 16.9. The van der Waals surface area contributed by atoms with Gasteiger partial charge in [0.05, 0.1) is 29.9 Å². The number of aliphatic hydroxyl groups is 1. The van der Waals surface area contributed by atoms with Gasteiger partial charge in [0.1, 0.15) is 5.75 Å². The summed E-state index contributed by atoms with van der Waals surface area (Å²) in [6, 6.07) is 18.5. The fraction of sp³-hybridized carbons (Fsp3) is 0.486. The molecule has 47 heavy (non-hydrogen) atoms. The van der Waals surface area contributed by atoms with E-state index in [2.05, 4.69) is 63.9 Å². The van der Waals surface area contributed by atoms with E-state index < -0.39 is 0 Å². The molecule has 0 unspecified atom stereocenters. The van der Waals surface area contributed by atoms with E-state index in [1.165, 1.54) is 5.69 Å². The van der Waals surface area contributed by atoms with Crippen LogP contribution in [0.5, 0.6) is 5.75 Å². The predicted octanol–water partition coefficient (Wildman–Crippen LogP) is 5.61. The molecule has 1 amide bonds. The number of nitrogens with one attached hydrogen (secondary N) is 1. The smallest absolute Gasteiger partial charge is 0.258 e. The first-order chi connectivity index (χ1) is 22.7. The van der Waals surface area contributed by atoms with E-state index >= 15 is 0 Å². The zero-order valence-electron chi connectivity index (χ0n) is 28.4. The topological polar surface area (TPSA) is 99.0 Å². The van der Waals surface area contributed by atoms with Gasteiger partial charge in [0.2, 0.25) is 5.95 Å². The fourth-order valence-corrected chi connectivity index (χ4v) is 7.13.